The highest BCUT2D eigenvalue weighted by molar-refractivity contribution is 6.43. The standard InChI is InChI=1S/C13H15Cl2N3O3/c1-17-3-2-8(7-17)6-16-13(19)9-4-10(14)12(15)11(5-9)18(20)21/h4-5,8H,2-3,6-7H2,1H3,(H,16,19). The fourth-order valence-electron chi connectivity index (χ4n) is 2.37. The van der Waals surface area contributed by atoms with Crippen LogP contribution in [0, 0.1) is 16.0 Å². The van der Waals surface area contributed by atoms with Gasteiger partial charge in [0.2, 0.25) is 0 Å². The predicted octanol–water partition coefficient (Wildman–Crippen LogP) is 2.58. The first-order chi connectivity index (χ1) is 9.88. The van der Waals surface area contributed by atoms with E-state index in [1.54, 1.807) is 0 Å². The van der Waals surface area contributed by atoms with Gasteiger partial charge in [0.1, 0.15) is 5.02 Å². The number of rotatable bonds is 4. The Hall–Kier alpha value is -1.37. The van der Waals surface area contributed by atoms with Crippen molar-refractivity contribution in [3.63, 3.8) is 0 Å². The molecular weight excluding hydrogens is 317 g/mol. The maximum Gasteiger partial charge on any atom is 0.290 e. The molecule has 1 atom stereocenters. The molecule has 0 spiro atoms. The summed E-state index contributed by atoms with van der Waals surface area (Å²) in [5.74, 6) is 0.0166. The second kappa shape index (κ2) is 6.60. The molecule has 1 aromatic rings. The van der Waals surface area contributed by atoms with Gasteiger partial charge in [0, 0.05) is 24.7 Å². The largest absolute Gasteiger partial charge is 0.352 e. The summed E-state index contributed by atoms with van der Waals surface area (Å²) in [6, 6.07) is 2.48. The molecule has 1 aliphatic rings. The van der Waals surface area contributed by atoms with Crippen LogP contribution in [0.4, 0.5) is 5.69 Å². The van der Waals surface area contributed by atoms with Crippen LogP contribution in [0.5, 0.6) is 0 Å². The number of hydrogen-bond acceptors (Lipinski definition) is 4. The minimum Gasteiger partial charge on any atom is -0.352 e. The van der Waals surface area contributed by atoms with Crippen LogP contribution in [0.3, 0.4) is 0 Å². The van der Waals surface area contributed by atoms with Crippen molar-refractivity contribution in [3.8, 4) is 0 Å². The summed E-state index contributed by atoms with van der Waals surface area (Å²) in [5, 5.41) is 13.5. The number of nitrogens with one attached hydrogen (secondary N) is 1. The lowest BCUT2D eigenvalue weighted by molar-refractivity contribution is -0.384. The smallest absolute Gasteiger partial charge is 0.290 e. The average molecular weight is 332 g/mol. The van der Waals surface area contributed by atoms with Gasteiger partial charge in [-0.2, -0.15) is 0 Å². The Morgan fingerprint density at radius 2 is 2.24 bits per heavy atom. The van der Waals surface area contributed by atoms with Gasteiger partial charge in [0.15, 0.2) is 0 Å². The van der Waals surface area contributed by atoms with E-state index < -0.39 is 4.92 Å². The summed E-state index contributed by atoms with van der Waals surface area (Å²) in [4.78, 5) is 24.5. The summed E-state index contributed by atoms with van der Waals surface area (Å²) < 4.78 is 0. The van der Waals surface area contributed by atoms with Crippen molar-refractivity contribution in [2.45, 2.75) is 6.42 Å². The molecule has 114 valence electrons. The lowest BCUT2D eigenvalue weighted by Crippen LogP contribution is -2.30. The van der Waals surface area contributed by atoms with Crippen molar-refractivity contribution in [2.24, 2.45) is 5.92 Å². The van der Waals surface area contributed by atoms with E-state index in [2.05, 4.69) is 10.2 Å². The Labute approximate surface area is 132 Å². The Kier molecular flexibility index (Phi) is 5.03. The molecule has 0 saturated carbocycles. The first-order valence-electron chi connectivity index (χ1n) is 6.48. The third-order valence-corrected chi connectivity index (χ3v) is 4.30. The van der Waals surface area contributed by atoms with Gasteiger partial charge in [-0.3, -0.25) is 14.9 Å². The van der Waals surface area contributed by atoms with E-state index in [-0.39, 0.29) is 27.2 Å². The molecule has 0 aliphatic carbocycles. The number of carbonyl (C=O) groups is 1. The average Bonchev–Trinajstić information content (AvgIpc) is 2.84. The third kappa shape index (κ3) is 3.84. The molecule has 1 N–H and O–H groups in total. The molecular formula is C13H15Cl2N3O3. The molecule has 2 rings (SSSR count). The zero-order valence-electron chi connectivity index (χ0n) is 11.4. The Bertz CT molecular complexity index is 580. The fourth-order valence-corrected chi connectivity index (χ4v) is 2.76. The highest BCUT2D eigenvalue weighted by Gasteiger charge is 2.22. The summed E-state index contributed by atoms with van der Waals surface area (Å²) in [6.07, 6.45) is 1.03. The van der Waals surface area contributed by atoms with Crippen molar-refractivity contribution < 1.29 is 9.72 Å². The number of nitro groups is 1. The maximum atomic E-state index is 12.1. The number of hydrogen-bond donors (Lipinski definition) is 1. The molecule has 0 radical (unpaired) electrons. The monoisotopic (exact) mass is 331 g/mol. The van der Waals surface area contributed by atoms with Crippen LogP contribution in [0.2, 0.25) is 10.0 Å². The lowest BCUT2D eigenvalue weighted by Gasteiger charge is -2.12. The van der Waals surface area contributed by atoms with Crippen molar-refractivity contribution in [2.75, 3.05) is 26.7 Å². The highest BCUT2D eigenvalue weighted by atomic mass is 35.5. The van der Waals surface area contributed by atoms with Gasteiger partial charge in [0.25, 0.3) is 11.6 Å². The van der Waals surface area contributed by atoms with Crippen molar-refractivity contribution in [3.05, 3.63) is 37.9 Å². The van der Waals surface area contributed by atoms with Crippen molar-refractivity contribution in [1.82, 2.24) is 10.2 Å². The molecule has 0 aromatic heterocycles. The maximum absolute atomic E-state index is 12.1. The van der Waals surface area contributed by atoms with Crippen molar-refractivity contribution in [1.29, 1.82) is 0 Å². The topological polar surface area (TPSA) is 75.5 Å². The van der Waals surface area contributed by atoms with Gasteiger partial charge < -0.3 is 10.2 Å². The molecule has 1 heterocycles. The SMILES string of the molecule is CN1CCC(CNC(=O)c2cc(Cl)c(Cl)c([N+](=O)[O-])c2)C1. The molecule has 1 fully saturated rings. The zero-order chi connectivity index (χ0) is 15.6. The molecule has 1 saturated heterocycles. The number of amides is 1. The minimum absolute atomic E-state index is 0.00313. The molecule has 1 aliphatic heterocycles. The molecule has 6 nitrogen and oxygen atoms in total. The molecule has 0 bridgehead atoms. The second-order valence-electron chi connectivity index (χ2n) is 5.18. The first kappa shape index (κ1) is 16.0. The van der Waals surface area contributed by atoms with Gasteiger partial charge in [-0.15, -0.1) is 0 Å². The lowest BCUT2D eigenvalue weighted by atomic mass is 10.1. The second-order valence-corrected chi connectivity index (χ2v) is 5.96. The number of nitrogens with zero attached hydrogens (tertiary/aromatic N) is 2. The Balaban J connectivity index is 2.07. The minimum atomic E-state index is -0.656. The van der Waals surface area contributed by atoms with Gasteiger partial charge in [-0.1, -0.05) is 23.2 Å². The Morgan fingerprint density at radius 3 is 2.81 bits per heavy atom. The van der Waals surface area contributed by atoms with Gasteiger partial charge in [-0.25, -0.2) is 0 Å². The van der Waals surface area contributed by atoms with Crippen LogP contribution in [-0.4, -0.2) is 42.4 Å². The van der Waals surface area contributed by atoms with E-state index in [4.69, 9.17) is 23.2 Å². The summed E-state index contributed by atoms with van der Waals surface area (Å²) in [7, 11) is 2.03. The van der Waals surface area contributed by atoms with Gasteiger partial charge in [-0.05, 0) is 32.0 Å². The molecule has 21 heavy (non-hydrogen) atoms. The fraction of sp³-hybridized carbons (Fsp3) is 0.462. The van der Waals surface area contributed by atoms with E-state index >= 15 is 0 Å². The number of carbonyl (C=O) groups excluding carboxylic acids is 1. The Morgan fingerprint density at radius 1 is 1.52 bits per heavy atom. The van der Waals surface area contributed by atoms with Crippen LogP contribution in [0.1, 0.15) is 16.8 Å². The normalized spacial score (nSPS) is 18.7. The predicted molar refractivity (Wildman–Crippen MR) is 81.1 cm³/mol. The molecule has 1 aromatic carbocycles. The summed E-state index contributed by atoms with van der Waals surface area (Å²) in [6.45, 7) is 2.48. The van der Waals surface area contributed by atoms with E-state index in [1.807, 2.05) is 7.05 Å². The van der Waals surface area contributed by atoms with Crippen LogP contribution in [0.25, 0.3) is 0 Å². The molecule has 8 heteroatoms. The van der Waals surface area contributed by atoms with Crippen LogP contribution < -0.4 is 5.32 Å². The first-order valence-corrected chi connectivity index (χ1v) is 7.24. The molecule has 1 unspecified atom stereocenters. The van der Waals surface area contributed by atoms with E-state index in [9.17, 15) is 14.9 Å². The van der Waals surface area contributed by atoms with Crippen LogP contribution >= 0.6 is 23.2 Å². The summed E-state index contributed by atoms with van der Waals surface area (Å²) >= 11 is 11.6. The van der Waals surface area contributed by atoms with Crippen molar-refractivity contribution >= 4 is 34.8 Å². The number of benzene rings is 1. The highest BCUT2D eigenvalue weighted by Crippen LogP contribution is 2.33. The molecule has 1 amide bonds. The quantitative estimate of drug-likeness (QED) is 0.679. The van der Waals surface area contributed by atoms with E-state index in [0.717, 1.165) is 25.6 Å². The van der Waals surface area contributed by atoms with Gasteiger partial charge >= 0.3 is 0 Å². The third-order valence-electron chi connectivity index (χ3n) is 3.51. The van der Waals surface area contributed by atoms with Crippen LogP contribution in [-0.2, 0) is 0 Å². The number of likely N-dealkylation sites (tertiary alicyclic amines) is 1. The van der Waals surface area contributed by atoms with E-state index in [1.165, 1.54) is 6.07 Å². The van der Waals surface area contributed by atoms with Gasteiger partial charge in [0.05, 0.1) is 9.95 Å². The van der Waals surface area contributed by atoms with Crippen LogP contribution in [0.15, 0.2) is 12.1 Å². The summed E-state index contributed by atoms with van der Waals surface area (Å²) in [5.41, 5.74) is -0.225. The number of halogens is 2. The zero-order valence-corrected chi connectivity index (χ0v) is 12.9. The van der Waals surface area contributed by atoms with E-state index in [0.29, 0.717) is 12.5 Å². The number of nitro benzene ring substituents is 1.